The number of aromatic nitrogens is 3. The summed E-state index contributed by atoms with van der Waals surface area (Å²) in [6.07, 6.45) is 4.61. The fourth-order valence-corrected chi connectivity index (χ4v) is 2.60. The molecule has 0 aromatic carbocycles. The molecule has 0 radical (unpaired) electrons. The van der Waals surface area contributed by atoms with Gasteiger partial charge < -0.3 is 0 Å². The van der Waals surface area contributed by atoms with Gasteiger partial charge in [-0.05, 0) is 47.1 Å². The first kappa shape index (κ1) is 14.7. The van der Waals surface area contributed by atoms with Crippen LogP contribution in [0.3, 0.4) is 0 Å². The molecule has 0 aliphatic heterocycles. The molecule has 3 nitrogen and oxygen atoms in total. The van der Waals surface area contributed by atoms with Crippen LogP contribution in [0.2, 0.25) is 5.15 Å². The summed E-state index contributed by atoms with van der Waals surface area (Å²) in [5.74, 6) is 0.631. The van der Waals surface area contributed by atoms with Crippen LogP contribution in [0.1, 0.15) is 31.5 Å². The quantitative estimate of drug-likeness (QED) is 0.579. The molecule has 0 N–H and O–H groups in total. The van der Waals surface area contributed by atoms with Crippen molar-refractivity contribution in [3.63, 3.8) is 0 Å². The van der Waals surface area contributed by atoms with E-state index in [9.17, 15) is 0 Å². The van der Waals surface area contributed by atoms with E-state index in [0.717, 1.165) is 39.8 Å². The molecule has 0 atom stereocenters. The molecular formula is C14H15ClIN3. The van der Waals surface area contributed by atoms with E-state index in [4.69, 9.17) is 11.6 Å². The number of hydrogen-bond donors (Lipinski definition) is 0. The Hall–Kier alpha value is -0.750. The van der Waals surface area contributed by atoms with E-state index < -0.39 is 0 Å². The minimum Gasteiger partial charge on any atom is -0.253 e. The molecule has 0 bridgehead atoms. The molecule has 2 aromatic heterocycles. The second-order valence-corrected chi connectivity index (χ2v) is 5.65. The van der Waals surface area contributed by atoms with Crippen LogP contribution >= 0.6 is 34.2 Å². The summed E-state index contributed by atoms with van der Waals surface area (Å²) in [6, 6.07) is 3.99. The van der Waals surface area contributed by atoms with Crippen LogP contribution in [0.4, 0.5) is 0 Å². The summed E-state index contributed by atoms with van der Waals surface area (Å²) in [5, 5.41) is 0.516. The number of rotatable bonds is 4. The van der Waals surface area contributed by atoms with E-state index >= 15 is 0 Å². The van der Waals surface area contributed by atoms with Crippen molar-refractivity contribution in [2.24, 2.45) is 0 Å². The summed E-state index contributed by atoms with van der Waals surface area (Å²) >= 11 is 8.42. The van der Waals surface area contributed by atoms with Crippen molar-refractivity contribution in [2.75, 3.05) is 0 Å². The van der Waals surface area contributed by atoms with Gasteiger partial charge in [-0.25, -0.2) is 9.97 Å². The van der Waals surface area contributed by atoms with Crippen molar-refractivity contribution in [2.45, 2.75) is 33.1 Å². The molecule has 0 amide bonds. The number of pyridine rings is 1. The number of halogens is 2. The summed E-state index contributed by atoms with van der Waals surface area (Å²) in [5.41, 5.74) is 2.98. The van der Waals surface area contributed by atoms with Crippen molar-refractivity contribution in [3.8, 4) is 11.5 Å². The van der Waals surface area contributed by atoms with Gasteiger partial charge in [-0.2, -0.15) is 0 Å². The fraction of sp³-hybridized carbons (Fsp3) is 0.357. The van der Waals surface area contributed by atoms with Crippen LogP contribution in [0.25, 0.3) is 11.5 Å². The Morgan fingerprint density at radius 1 is 1.26 bits per heavy atom. The van der Waals surface area contributed by atoms with Crippen molar-refractivity contribution >= 4 is 34.2 Å². The van der Waals surface area contributed by atoms with E-state index in [2.05, 4.69) is 57.5 Å². The molecule has 2 rings (SSSR count). The molecule has 2 heterocycles. The Labute approximate surface area is 132 Å². The molecule has 0 spiro atoms. The maximum absolute atomic E-state index is 6.21. The van der Waals surface area contributed by atoms with Gasteiger partial charge in [0.2, 0.25) is 0 Å². The average Bonchev–Trinajstić information content (AvgIpc) is 2.43. The first-order valence-electron chi connectivity index (χ1n) is 6.33. The monoisotopic (exact) mass is 387 g/mol. The third-order valence-corrected chi connectivity index (χ3v) is 4.58. The maximum atomic E-state index is 6.21. The van der Waals surface area contributed by atoms with Gasteiger partial charge >= 0.3 is 0 Å². The summed E-state index contributed by atoms with van der Waals surface area (Å²) in [6.45, 7) is 4.23. The summed E-state index contributed by atoms with van der Waals surface area (Å²) in [7, 11) is 0. The molecule has 100 valence electrons. The lowest BCUT2D eigenvalue weighted by atomic mass is 10.1. The lowest BCUT2D eigenvalue weighted by Crippen LogP contribution is -2.03. The Kier molecular flexibility index (Phi) is 5.10. The van der Waals surface area contributed by atoms with E-state index in [0.29, 0.717) is 11.0 Å². The highest BCUT2D eigenvalue weighted by Crippen LogP contribution is 2.25. The van der Waals surface area contributed by atoms with Crippen molar-refractivity contribution in [1.29, 1.82) is 0 Å². The normalized spacial score (nSPS) is 10.7. The predicted octanol–water partition coefficient (Wildman–Crippen LogP) is 4.31. The van der Waals surface area contributed by atoms with Crippen LogP contribution in [0, 0.1) is 3.57 Å². The van der Waals surface area contributed by atoms with Gasteiger partial charge in [0.05, 0.1) is 9.26 Å². The van der Waals surface area contributed by atoms with Crippen LogP contribution in [-0.2, 0) is 12.8 Å². The molecule has 2 aromatic rings. The highest BCUT2D eigenvalue weighted by Gasteiger charge is 2.14. The van der Waals surface area contributed by atoms with Gasteiger partial charge in [-0.15, -0.1) is 0 Å². The zero-order chi connectivity index (χ0) is 13.8. The van der Waals surface area contributed by atoms with E-state index in [-0.39, 0.29) is 0 Å². The van der Waals surface area contributed by atoms with Gasteiger partial charge in [0.15, 0.2) is 5.82 Å². The molecule has 0 fully saturated rings. The minimum absolute atomic E-state index is 0.516. The number of hydrogen-bond acceptors (Lipinski definition) is 3. The second kappa shape index (κ2) is 6.61. The van der Waals surface area contributed by atoms with Gasteiger partial charge in [0, 0.05) is 6.20 Å². The Morgan fingerprint density at radius 2 is 2.05 bits per heavy atom. The maximum Gasteiger partial charge on any atom is 0.180 e. The van der Waals surface area contributed by atoms with Crippen molar-refractivity contribution < 1.29 is 0 Å². The summed E-state index contributed by atoms with van der Waals surface area (Å²) < 4.78 is 0.943. The second-order valence-electron chi connectivity index (χ2n) is 4.21. The predicted molar refractivity (Wildman–Crippen MR) is 86.4 cm³/mol. The Morgan fingerprint density at radius 3 is 2.74 bits per heavy atom. The fourth-order valence-electron chi connectivity index (χ4n) is 1.90. The lowest BCUT2D eigenvalue weighted by Gasteiger charge is -2.09. The minimum atomic E-state index is 0.516. The van der Waals surface area contributed by atoms with E-state index in [1.807, 2.05) is 6.07 Å². The van der Waals surface area contributed by atoms with Crippen molar-refractivity contribution in [3.05, 3.63) is 38.3 Å². The SMILES string of the molecule is CCCc1nc(-c2ncccc2CC)nc(Cl)c1I. The summed E-state index contributed by atoms with van der Waals surface area (Å²) in [4.78, 5) is 13.4. The third kappa shape index (κ3) is 3.23. The van der Waals surface area contributed by atoms with Crippen LogP contribution < -0.4 is 0 Å². The average molecular weight is 388 g/mol. The van der Waals surface area contributed by atoms with E-state index in [1.165, 1.54) is 0 Å². The zero-order valence-electron chi connectivity index (χ0n) is 11.0. The van der Waals surface area contributed by atoms with Crippen LogP contribution in [0.15, 0.2) is 18.3 Å². The zero-order valence-corrected chi connectivity index (χ0v) is 13.9. The highest BCUT2D eigenvalue weighted by molar-refractivity contribution is 14.1. The molecule has 0 unspecified atom stereocenters. The van der Waals surface area contributed by atoms with Gasteiger partial charge in [0.25, 0.3) is 0 Å². The Balaban J connectivity index is 2.56. The van der Waals surface area contributed by atoms with Crippen LogP contribution in [-0.4, -0.2) is 15.0 Å². The molecule has 0 aliphatic rings. The van der Waals surface area contributed by atoms with Crippen molar-refractivity contribution in [1.82, 2.24) is 15.0 Å². The smallest absolute Gasteiger partial charge is 0.180 e. The molecule has 0 saturated carbocycles. The molecule has 0 aliphatic carbocycles. The number of nitrogens with zero attached hydrogens (tertiary/aromatic N) is 3. The molecular weight excluding hydrogens is 373 g/mol. The van der Waals surface area contributed by atoms with E-state index in [1.54, 1.807) is 6.20 Å². The standard InChI is InChI=1S/C14H15ClIN3/c1-3-6-10-11(16)13(15)19-14(18-10)12-9(4-2)7-5-8-17-12/h5,7-8H,3-4,6H2,1-2H3. The Bertz CT molecular complexity index is 587. The molecule has 0 saturated heterocycles. The van der Waals surface area contributed by atoms with Crippen LogP contribution in [0.5, 0.6) is 0 Å². The largest absolute Gasteiger partial charge is 0.253 e. The van der Waals surface area contributed by atoms with Gasteiger partial charge in [0.1, 0.15) is 10.8 Å². The molecule has 19 heavy (non-hydrogen) atoms. The highest BCUT2D eigenvalue weighted by atomic mass is 127. The van der Waals surface area contributed by atoms with Gasteiger partial charge in [-0.3, -0.25) is 4.98 Å². The first-order valence-corrected chi connectivity index (χ1v) is 7.79. The van der Waals surface area contributed by atoms with Gasteiger partial charge in [-0.1, -0.05) is 37.9 Å². The number of aryl methyl sites for hydroxylation is 2. The lowest BCUT2D eigenvalue weighted by molar-refractivity contribution is 0.864. The first-order chi connectivity index (χ1) is 9.17. The molecule has 5 heteroatoms. The third-order valence-electron chi connectivity index (χ3n) is 2.85. The topological polar surface area (TPSA) is 38.7 Å².